The third kappa shape index (κ3) is 5.70. The quantitative estimate of drug-likeness (QED) is 0.581. The molecule has 1 fully saturated rings. The Kier molecular flexibility index (Phi) is 8.77. The molecular formula is C18H34N5O4P. The fourth-order valence-electron chi connectivity index (χ4n) is 3.31. The number of ether oxygens (including phenoxy) is 1. The summed E-state index contributed by atoms with van der Waals surface area (Å²) in [6.45, 7) is 13.3. The van der Waals surface area contributed by atoms with Gasteiger partial charge in [0.15, 0.2) is 0 Å². The van der Waals surface area contributed by atoms with Crippen LogP contribution in [0.15, 0.2) is 11.1 Å². The Morgan fingerprint density at radius 3 is 2.57 bits per heavy atom. The summed E-state index contributed by atoms with van der Waals surface area (Å²) in [7, 11) is -1.24. The van der Waals surface area contributed by atoms with Gasteiger partial charge in [0.25, 0.3) is 8.53 Å². The standard InChI is InChI=1S/C18H34N5O4P/c1-7-9-25-28(23(12(3)4)13(5)6)27-15-10-16(26-14(15)8-2)22-11-20-17(19)21-18(22)24/h11-16H,7-10H2,1-6H3,(H2,19,21,24)/t14-,15?,16-,28?/m1/s1. The molecule has 2 rings (SSSR count). The number of nitrogens with zero attached hydrogens (tertiary/aromatic N) is 4. The van der Waals surface area contributed by atoms with Gasteiger partial charge in [0.05, 0.1) is 18.8 Å². The van der Waals surface area contributed by atoms with Crippen LogP contribution >= 0.6 is 8.53 Å². The first-order chi connectivity index (χ1) is 13.3. The van der Waals surface area contributed by atoms with Crippen LogP contribution in [0.1, 0.15) is 67.0 Å². The fourth-order valence-corrected chi connectivity index (χ4v) is 5.16. The lowest BCUT2D eigenvalue weighted by Crippen LogP contribution is -2.35. The lowest BCUT2D eigenvalue weighted by Gasteiger charge is -2.37. The molecule has 160 valence electrons. The zero-order valence-electron chi connectivity index (χ0n) is 17.7. The van der Waals surface area contributed by atoms with Gasteiger partial charge in [-0.1, -0.05) is 13.8 Å². The van der Waals surface area contributed by atoms with E-state index in [2.05, 4.69) is 49.3 Å². The largest absolute Gasteiger partial charge is 0.368 e. The molecule has 1 aliphatic heterocycles. The maximum absolute atomic E-state index is 12.2. The van der Waals surface area contributed by atoms with Crippen molar-refractivity contribution >= 4 is 14.5 Å². The number of hydrogen-bond acceptors (Lipinski definition) is 8. The summed E-state index contributed by atoms with van der Waals surface area (Å²) in [6.07, 6.45) is 2.82. The zero-order valence-corrected chi connectivity index (χ0v) is 18.6. The molecule has 0 aromatic carbocycles. The summed E-state index contributed by atoms with van der Waals surface area (Å²) in [5.41, 5.74) is 5.02. The van der Waals surface area contributed by atoms with Crippen molar-refractivity contribution in [1.29, 1.82) is 0 Å². The Bertz CT molecular complexity index is 664. The van der Waals surface area contributed by atoms with E-state index in [4.69, 9.17) is 19.5 Å². The third-order valence-electron chi connectivity index (χ3n) is 4.52. The Hall–Kier alpha value is -1.12. The van der Waals surface area contributed by atoms with Crippen molar-refractivity contribution in [2.75, 3.05) is 12.3 Å². The average Bonchev–Trinajstić information content (AvgIpc) is 3.01. The second-order valence-electron chi connectivity index (χ2n) is 7.46. The summed E-state index contributed by atoms with van der Waals surface area (Å²) in [5.74, 6) is -0.0416. The highest BCUT2D eigenvalue weighted by Crippen LogP contribution is 2.50. The van der Waals surface area contributed by atoms with Gasteiger partial charge in [-0.25, -0.2) is 14.4 Å². The van der Waals surface area contributed by atoms with Crippen LogP contribution in [0, 0.1) is 0 Å². The van der Waals surface area contributed by atoms with Gasteiger partial charge in [-0.05, 0) is 40.5 Å². The highest BCUT2D eigenvalue weighted by molar-refractivity contribution is 7.44. The molecule has 2 unspecified atom stereocenters. The number of nitrogen functional groups attached to an aromatic ring is 1. The number of anilines is 1. The summed E-state index contributed by atoms with van der Waals surface area (Å²) in [4.78, 5) is 19.8. The third-order valence-corrected chi connectivity index (χ3v) is 6.67. The molecule has 1 aromatic rings. The molecule has 1 aromatic heterocycles. The van der Waals surface area contributed by atoms with E-state index in [-0.39, 0.29) is 30.2 Å². The van der Waals surface area contributed by atoms with Gasteiger partial charge in [-0.3, -0.25) is 4.57 Å². The fraction of sp³-hybridized carbons (Fsp3) is 0.833. The monoisotopic (exact) mass is 415 g/mol. The summed E-state index contributed by atoms with van der Waals surface area (Å²) in [5, 5.41) is 0. The van der Waals surface area contributed by atoms with Crippen molar-refractivity contribution in [2.45, 2.75) is 91.3 Å². The molecule has 2 N–H and O–H groups in total. The van der Waals surface area contributed by atoms with Crippen LogP contribution in [0.2, 0.25) is 0 Å². The van der Waals surface area contributed by atoms with Crippen molar-refractivity contribution in [3.63, 3.8) is 0 Å². The van der Waals surface area contributed by atoms with Gasteiger partial charge in [0.2, 0.25) is 5.95 Å². The molecule has 9 nitrogen and oxygen atoms in total. The van der Waals surface area contributed by atoms with Crippen LogP contribution in [-0.4, -0.2) is 50.1 Å². The summed E-state index contributed by atoms with van der Waals surface area (Å²) in [6, 6.07) is 0.573. The Labute approximate surface area is 168 Å². The second kappa shape index (κ2) is 10.6. The lowest BCUT2D eigenvalue weighted by atomic mass is 10.1. The van der Waals surface area contributed by atoms with Crippen LogP contribution in [0.3, 0.4) is 0 Å². The van der Waals surface area contributed by atoms with E-state index in [1.165, 1.54) is 10.9 Å². The molecule has 0 bridgehead atoms. The average molecular weight is 415 g/mol. The molecule has 2 heterocycles. The highest BCUT2D eigenvalue weighted by atomic mass is 31.2. The van der Waals surface area contributed by atoms with E-state index < -0.39 is 20.4 Å². The molecule has 10 heteroatoms. The van der Waals surface area contributed by atoms with Gasteiger partial charge >= 0.3 is 5.69 Å². The van der Waals surface area contributed by atoms with Crippen molar-refractivity contribution in [2.24, 2.45) is 0 Å². The first kappa shape index (κ1) is 23.2. The number of nitrogens with two attached hydrogens (primary N) is 1. The maximum Gasteiger partial charge on any atom is 0.354 e. The lowest BCUT2D eigenvalue weighted by molar-refractivity contribution is -0.0205. The molecule has 0 saturated carbocycles. The van der Waals surface area contributed by atoms with Crippen LogP contribution < -0.4 is 11.4 Å². The smallest absolute Gasteiger partial charge is 0.354 e. The van der Waals surface area contributed by atoms with Gasteiger partial charge in [0, 0.05) is 18.5 Å². The minimum Gasteiger partial charge on any atom is -0.368 e. The molecule has 1 saturated heterocycles. The van der Waals surface area contributed by atoms with Crippen molar-refractivity contribution < 1.29 is 13.8 Å². The van der Waals surface area contributed by atoms with Crippen molar-refractivity contribution in [1.82, 2.24) is 19.2 Å². The van der Waals surface area contributed by atoms with E-state index in [1.807, 2.05) is 6.92 Å². The van der Waals surface area contributed by atoms with Crippen LogP contribution in [0.5, 0.6) is 0 Å². The second-order valence-corrected chi connectivity index (χ2v) is 8.87. The number of rotatable bonds is 10. The Balaban J connectivity index is 2.19. The summed E-state index contributed by atoms with van der Waals surface area (Å²) >= 11 is 0. The SMILES string of the molecule is CCCOP(OC1C[C@H](n2cnc(N)nc2=O)O[C@@H]1CC)N(C(C)C)C(C)C. The van der Waals surface area contributed by atoms with Gasteiger partial charge in [-0.2, -0.15) is 4.98 Å². The van der Waals surface area contributed by atoms with Gasteiger partial charge in [-0.15, -0.1) is 0 Å². The van der Waals surface area contributed by atoms with Crippen LogP contribution in [0.4, 0.5) is 5.95 Å². The van der Waals surface area contributed by atoms with E-state index >= 15 is 0 Å². The summed E-state index contributed by atoms with van der Waals surface area (Å²) < 4.78 is 22.3. The predicted molar refractivity (Wildman–Crippen MR) is 110 cm³/mol. The normalized spacial score (nSPS) is 23.8. The Morgan fingerprint density at radius 1 is 1.36 bits per heavy atom. The first-order valence-electron chi connectivity index (χ1n) is 10.0. The molecular weight excluding hydrogens is 381 g/mol. The molecule has 0 amide bonds. The molecule has 0 radical (unpaired) electrons. The highest BCUT2D eigenvalue weighted by Gasteiger charge is 2.40. The molecule has 0 spiro atoms. The topological polar surface area (TPSA) is 105 Å². The van der Waals surface area contributed by atoms with Crippen molar-refractivity contribution in [3.8, 4) is 0 Å². The zero-order chi connectivity index (χ0) is 20.8. The van der Waals surface area contributed by atoms with E-state index in [1.54, 1.807) is 0 Å². The minimum absolute atomic E-state index is 0.0416. The maximum atomic E-state index is 12.2. The number of aromatic nitrogens is 3. The van der Waals surface area contributed by atoms with E-state index in [0.717, 1.165) is 12.8 Å². The molecule has 28 heavy (non-hydrogen) atoms. The van der Waals surface area contributed by atoms with Crippen LogP contribution in [0.25, 0.3) is 0 Å². The minimum atomic E-state index is -1.24. The van der Waals surface area contributed by atoms with Crippen LogP contribution in [-0.2, 0) is 13.8 Å². The molecule has 0 aliphatic carbocycles. The van der Waals surface area contributed by atoms with Gasteiger partial charge < -0.3 is 19.5 Å². The first-order valence-corrected chi connectivity index (χ1v) is 11.2. The molecule has 4 atom stereocenters. The van der Waals surface area contributed by atoms with Crippen molar-refractivity contribution in [3.05, 3.63) is 16.8 Å². The molecule has 1 aliphatic rings. The van der Waals surface area contributed by atoms with Gasteiger partial charge in [0.1, 0.15) is 12.6 Å². The number of hydrogen-bond donors (Lipinski definition) is 1. The van der Waals surface area contributed by atoms with E-state index in [9.17, 15) is 4.79 Å². The Morgan fingerprint density at radius 2 is 2.04 bits per heavy atom. The predicted octanol–water partition coefficient (Wildman–Crippen LogP) is 3.08. The van der Waals surface area contributed by atoms with E-state index in [0.29, 0.717) is 13.0 Å².